The van der Waals surface area contributed by atoms with Gasteiger partial charge in [-0.15, -0.1) is 0 Å². The molecule has 0 bridgehead atoms. The number of hydrogen-bond acceptors (Lipinski definition) is 3. The van der Waals surface area contributed by atoms with E-state index >= 15 is 0 Å². The number of rotatable bonds is 2. The Morgan fingerprint density at radius 1 is 1.50 bits per heavy atom. The average Bonchev–Trinajstić information content (AvgIpc) is 2.59. The fourth-order valence-electron chi connectivity index (χ4n) is 1.35. The Morgan fingerprint density at radius 2 is 2.25 bits per heavy atom. The Bertz CT molecular complexity index is 576. The quantitative estimate of drug-likeness (QED) is 0.867. The van der Waals surface area contributed by atoms with E-state index in [1.165, 1.54) is 0 Å². The standard InChI is InChI=1S/C10H10BrN3OS/c1-14-10(16)12-9(13-14)6-3-4-8(15-2)7(11)5-6/h3-5H,1-2H3,(H,12,13,16). The molecule has 0 unspecified atom stereocenters. The zero-order valence-electron chi connectivity index (χ0n) is 8.82. The first-order valence-electron chi connectivity index (χ1n) is 4.59. The van der Waals surface area contributed by atoms with E-state index < -0.39 is 0 Å². The molecule has 0 fully saturated rings. The number of benzene rings is 1. The Hall–Kier alpha value is -1.14. The maximum absolute atomic E-state index is 5.16. The summed E-state index contributed by atoms with van der Waals surface area (Å²) in [7, 11) is 3.46. The normalized spacial score (nSPS) is 10.4. The Labute approximate surface area is 106 Å². The molecule has 4 nitrogen and oxygen atoms in total. The number of hydrogen-bond donors (Lipinski definition) is 1. The summed E-state index contributed by atoms with van der Waals surface area (Å²) >= 11 is 8.47. The van der Waals surface area contributed by atoms with Crippen molar-refractivity contribution in [3.8, 4) is 17.1 Å². The van der Waals surface area contributed by atoms with Crippen LogP contribution in [0, 0.1) is 4.77 Å². The van der Waals surface area contributed by atoms with Crippen molar-refractivity contribution in [1.29, 1.82) is 0 Å². The van der Waals surface area contributed by atoms with Gasteiger partial charge in [0.1, 0.15) is 5.75 Å². The fourth-order valence-corrected chi connectivity index (χ4v) is 2.02. The van der Waals surface area contributed by atoms with Crippen LogP contribution in [0.3, 0.4) is 0 Å². The molecule has 0 aliphatic carbocycles. The van der Waals surface area contributed by atoms with E-state index in [0.29, 0.717) is 4.77 Å². The highest BCUT2D eigenvalue weighted by atomic mass is 79.9. The van der Waals surface area contributed by atoms with E-state index in [2.05, 4.69) is 26.0 Å². The topological polar surface area (TPSA) is 42.8 Å². The van der Waals surface area contributed by atoms with Gasteiger partial charge in [-0.2, -0.15) is 4.98 Å². The Balaban J connectivity index is 2.49. The van der Waals surface area contributed by atoms with Crippen molar-refractivity contribution in [2.45, 2.75) is 0 Å². The highest BCUT2D eigenvalue weighted by molar-refractivity contribution is 9.10. The lowest BCUT2D eigenvalue weighted by molar-refractivity contribution is 0.412. The van der Waals surface area contributed by atoms with E-state index in [9.17, 15) is 0 Å². The summed E-state index contributed by atoms with van der Waals surface area (Å²) in [6, 6.07) is 5.74. The predicted octanol–water partition coefficient (Wildman–Crippen LogP) is 2.92. The van der Waals surface area contributed by atoms with Crippen LogP contribution in [0.5, 0.6) is 5.75 Å². The molecule has 0 radical (unpaired) electrons. The summed E-state index contributed by atoms with van der Waals surface area (Å²) in [5.41, 5.74) is 0.958. The first kappa shape index (κ1) is 11.3. The second kappa shape index (κ2) is 4.39. The van der Waals surface area contributed by atoms with Crippen molar-refractivity contribution in [3.05, 3.63) is 27.4 Å². The molecule has 0 amide bonds. The number of ether oxygens (including phenoxy) is 1. The summed E-state index contributed by atoms with van der Waals surface area (Å²) in [5.74, 6) is 1.54. The van der Waals surface area contributed by atoms with Crippen LogP contribution in [0.1, 0.15) is 0 Å². The molecule has 1 aromatic carbocycles. The van der Waals surface area contributed by atoms with Gasteiger partial charge in [-0.1, -0.05) is 0 Å². The second-order valence-corrected chi connectivity index (χ2v) is 4.48. The smallest absolute Gasteiger partial charge is 0.216 e. The van der Waals surface area contributed by atoms with Gasteiger partial charge < -0.3 is 4.74 Å². The molecule has 0 saturated heterocycles. The van der Waals surface area contributed by atoms with Crippen LogP contribution in [0.15, 0.2) is 22.7 Å². The van der Waals surface area contributed by atoms with E-state index in [1.807, 2.05) is 25.2 Å². The van der Waals surface area contributed by atoms with Crippen LogP contribution >= 0.6 is 28.1 Å². The number of nitrogens with zero attached hydrogens (tertiary/aromatic N) is 2. The molecular weight excluding hydrogens is 290 g/mol. The van der Waals surface area contributed by atoms with Crippen LogP contribution in [-0.2, 0) is 7.05 Å². The lowest BCUT2D eigenvalue weighted by Crippen LogP contribution is -1.90. The summed E-state index contributed by atoms with van der Waals surface area (Å²) < 4.78 is 8.27. The lowest BCUT2D eigenvalue weighted by Gasteiger charge is -2.04. The molecule has 1 aromatic heterocycles. The van der Waals surface area contributed by atoms with Gasteiger partial charge in [0.2, 0.25) is 4.77 Å². The second-order valence-electron chi connectivity index (χ2n) is 3.26. The monoisotopic (exact) mass is 299 g/mol. The molecule has 84 valence electrons. The van der Waals surface area contributed by atoms with E-state index in [-0.39, 0.29) is 0 Å². The van der Waals surface area contributed by atoms with Crippen LogP contribution in [0.2, 0.25) is 0 Å². The molecule has 2 rings (SSSR count). The number of methoxy groups -OCH3 is 1. The van der Waals surface area contributed by atoms with Crippen molar-refractivity contribution in [3.63, 3.8) is 0 Å². The molecule has 0 aliphatic rings. The predicted molar refractivity (Wildman–Crippen MR) is 68.1 cm³/mol. The molecule has 0 aliphatic heterocycles. The summed E-state index contributed by atoms with van der Waals surface area (Å²) in [6.07, 6.45) is 0. The maximum atomic E-state index is 5.16. The highest BCUT2D eigenvalue weighted by Gasteiger charge is 2.06. The van der Waals surface area contributed by atoms with Gasteiger partial charge in [-0.3, -0.25) is 9.78 Å². The third-order valence-electron chi connectivity index (χ3n) is 2.19. The summed E-state index contributed by atoms with van der Waals surface area (Å²) in [6.45, 7) is 0. The molecule has 0 atom stereocenters. The van der Waals surface area contributed by atoms with Gasteiger partial charge in [-0.05, 0) is 46.3 Å². The molecular formula is C10H10BrN3OS. The molecule has 1 N–H and O–H groups in total. The number of aryl methyl sites for hydroxylation is 1. The zero-order chi connectivity index (χ0) is 11.7. The Kier molecular flexibility index (Phi) is 3.11. The van der Waals surface area contributed by atoms with Gasteiger partial charge in [0, 0.05) is 12.6 Å². The molecule has 2 aromatic rings. The maximum Gasteiger partial charge on any atom is 0.216 e. The number of nitrogens with one attached hydrogen (secondary N) is 1. The number of halogens is 1. The first-order valence-corrected chi connectivity index (χ1v) is 5.79. The first-order chi connectivity index (χ1) is 7.61. The van der Waals surface area contributed by atoms with Crippen molar-refractivity contribution in [2.75, 3.05) is 7.11 Å². The van der Waals surface area contributed by atoms with Gasteiger partial charge in [0.25, 0.3) is 0 Å². The zero-order valence-corrected chi connectivity index (χ0v) is 11.2. The SMILES string of the molecule is COc1ccc(-c2nc(=S)n(C)[nH]2)cc1Br. The largest absolute Gasteiger partial charge is 0.496 e. The van der Waals surface area contributed by atoms with E-state index in [1.54, 1.807) is 11.8 Å². The van der Waals surface area contributed by atoms with Gasteiger partial charge in [0.15, 0.2) is 5.82 Å². The minimum Gasteiger partial charge on any atom is -0.496 e. The number of aromatic nitrogens is 3. The minimum atomic E-state index is 0.530. The lowest BCUT2D eigenvalue weighted by atomic mass is 10.2. The summed E-state index contributed by atoms with van der Waals surface area (Å²) in [4.78, 5) is 4.24. The minimum absolute atomic E-state index is 0.530. The van der Waals surface area contributed by atoms with Crippen molar-refractivity contribution < 1.29 is 4.74 Å². The molecule has 0 spiro atoms. The molecule has 0 saturated carbocycles. The van der Waals surface area contributed by atoms with Crippen molar-refractivity contribution in [2.24, 2.45) is 7.05 Å². The third kappa shape index (κ3) is 2.03. The Morgan fingerprint density at radius 3 is 2.75 bits per heavy atom. The van der Waals surface area contributed by atoms with Crippen LogP contribution in [0.4, 0.5) is 0 Å². The third-order valence-corrected chi connectivity index (χ3v) is 3.18. The molecule has 1 heterocycles. The number of aromatic amines is 1. The highest BCUT2D eigenvalue weighted by Crippen LogP contribution is 2.28. The number of H-pyrrole nitrogens is 1. The van der Waals surface area contributed by atoms with Crippen LogP contribution < -0.4 is 4.74 Å². The van der Waals surface area contributed by atoms with Crippen LogP contribution in [0.25, 0.3) is 11.4 Å². The summed E-state index contributed by atoms with van der Waals surface area (Å²) in [5, 5.41) is 3.07. The average molecular weight is 300 g/mol. The molecule has 6 heteroatoms. The fraction of sp³-hybridized carbons (Fsp3) is 0.200. The van der Waals surface area contributed by atoms with Gasteiger partial charge in [0.05, 0.1) is 11.6 Å². The van der Waals surface area contributed by atoms with Crippen molar-refractivity contribution >= 4 is 28.1 Å². The van der Waals surface area contributed by atoms with Crippen LogP contribution in [-0.4, -0.2) is 21.9 Å². The van der Waals surface area contributed by atoms with Crippen molar-refractivity contribution in [1.82, 2.24) is 14.8 Å². The van der Waals surface area contributed by atoms with E-state index in [0.717, 1.165) is 21.6 Å². The van der Waals surface area contributed by atoms with E-state index in [4.69, 9.17) is 17.0 Å². The van der Waals surface area contributed by atoms with Gasteiger partial charge in [-0.25, -0.2) is 0 Å². The molecule has 16 heavy (non-hydrogen) atoms. The van der Waals surface area contributed by atoms with Gasteiger partial charge >= 0.3 is 0 Å².